The zero-order valence-electron chi connectivity index (χ0n) is 13.1. The molecule has 1 fully saturated rings. The van der Waals surface area contributed by atoms with Crippen LogP contribution in [-0.2, 0) is 4.79 Å². The van der Waals surface area contributed by atoms with E-state index in [9.17, 15) is 4.79 Å². The molecule has 0 aliphatic heterocycles. The van der Waals surface area contributed by atoms with Crippen LogP contribution in [0.5, 0.6) is 5.75 Å². The maximum Gasteiger partial charge on any atom is 0.276 e. The number of rotatable bonds is 4. The summed E-state index contributed by atoms with van der Waals surface area (Å²) in [6.07, 6.45) is 4.73. The van der Waals surface area contributed by atoms with Crippen molar-refractivity contribution in [3.05, 3.63) is 29.3 Å². The topological polar surface area (TPSA) is 62.4 Å². The minimum absolute atomic E-state index is 0.0509. The molecule has 0 atom stereocenters. The van der Waals surface area contributed by atoms with Gasteiger partial charge in [0.05, 0.1) is 0 Å². The van der Waals surface area contributed by atoms with E-state index in [1.807, 2.05) is 32.0 Å². The third-order valence-corrected chi connectivity index (χ3v) is 3.98. The number of carbonyl (C=O) groups is 1. The highest BCUT2D eigenvalue weighted by Crippen LogP contribution is 2.22. The summed E-state index contributed by atoms with van der Waals surface area (Å²) in [7, 11) is 0. The number of hydrazine groups is 1. The third kappa shape index (κ3) is 4.87. The Hall–Kier alpha value is -1.82. The lowest BCUT2D eigenvalue weighted by molar-refractivity contribution is -0.123. The molecule has 22 heavy (non-hydrogen) atoms. The molecule has 0 heterocycles. The Bertz CT molecular complexity index is 522. The molecule has 0 bridgehead atoms. The van der Waals surface area contributed by atoms with Gasteiger partial charge in [-0.05, 0) is 50.0 Å². The van der Waals surface area contributed by atoms with Crippen LogP contribution in [0.2, 0.25) is 0 Å². The summed E-state index contributed by atoms with van der Waals surface area (Å²) in [4.78, 5) is 11.8. The molecule has 0 aromatic heterocycles. The molecule has 2 rings (SSSR count). The summed E-state index contributed by atoms with van der Waals surface area (Å²) in [5.74, 6) is 0.488. The van der Waals surface area contributed by atoms with E-state index in [-0.39, 0.29) is 12.5 Å². The van der Waals surface area contributed by atoms with E-state index in [1.165, 1.54) is 12.8 Å². The summed E-state index contributed by atoms with van der Waals surface area (Å²) in [6, 6.07) is 6.30. The average Bonchev–Trinajstić information content (AvgIpc) is 2.97. The van der Waals surface area contributed by atoms with Crippen molar-refractivity contribution in [3.8, 4) is 5.75 Å². The van der Waals surface area contributed by atoms with E-state index in [0.717, 1.165) is 29.7 Å². The van der Waals surface area contributed by atoms with Crippen molar-refractivity contribution in [2.45, 2.75) is 45.6 Å². The van der Waals surface area contributed by atoms with Crippen LogP contribution in [-0.4, -0.2) is 23.7 Å². The van der Waals surface area contributed by atoms with Crippen molar-refractivity contribution in [3.63, 3.8) is 0 Å². The van der Waals surface area contributed by atoms with Gasteiger partial charge in [-0.3, -0.25) is 15.6 Å². The minimum atomic E-state index is -0.266. The number of amides is 1. The van der Waals surface area contributed by atoms with Crippen molar-refractivity contribution in [1.82, 2.24) is 16.2 Å². The summed E-state index contributed by atoms with van der Waals surface area (Å²) >= 11 is 5.15. The first kappa shape index (κ1) is 16.5. The van der Waals surface area contributed by atoms with E-state index >= 15 is 0 Å². The SMILES string of the molecule is Cc1cccc(C)c1OCC(=O)NNC(=S)NC1CCCC1. The molecule has 6 heteroatoms. The zero-order chi connectivity index (χ0) is 15.9. The van der Waals surface area contributed by atoms with E-state index in [2.05, 4.69) is 16.2 Å². The highest BCUT2D eigenvalue weighted by Gasteiger charge is 2.15. The molecular formula is C16H23N3O2S. The number of hydrogen-bond donors (Lipinski definition) is 3. The lowest BCUT2D eigenvalue weighted by Crippen LogP contribution is -2.50. The van der Waals surface area contributed by atoms with Gasteiger partial charge in [-0.15, -0.1) is 0 Å². The van der Waals surface area contributed by atoms with Gasteiger partial charge < -0.3 is 10.1 Å². The number of thiocarbonyl (C=S) groups is 1. The Morgan fingerprint density at radius 2 is 1.86 bits per heavy atom. The van der Waals surface area contributed by atoms with Gasteiger partial charge in [0.15, 0.2) is 11.7 Å². The second-order valence-electron chi connectivity index (χ2n) is 5.64. The number of para-hydroxylation sites is 1. The van der Waals surface area contributed by atoms with E-state index < -0.39 is 0 Å². The molecule has 1 aromatic rings. The van der Waals surface area contributed by atoms with Gasteiger partial charge in [-0.25, -0.2) is 0 Å². The fourth-order valence-corrected chi connectivity index (χ4v) is 2.84. The summed E-state index contributed by atoms with van der Waals surface area (Å²) in [5, 5.41) is 3.64. The van der Waals surface area contributed by atoms with Gasteiger partial charge in [0.1, 0.15) is 5.75 Å². The van der Waals surface area contributed by atoms with Crippen LogP contribution < -0.4 is 20.9 Å². The molecule has 5 nitrogen and oxygen atoms in total. The number of aryl methyl sites for hydroxylation is 2. The van der Waals surface area contributed by atoms with Crippen LogP contribution in [0.15, 0.2) is 18.2 Å². The summed E-state index contributed by atoms with van der Waals surface area (Å²) in [6.45, 7) is 3.86. The van der Waals surface area contributed by atoms with Crippen molar-refractivity contribution in [2.75, 3.05) is 6.61 Å². The Kier molecular flexibility index (Phi) is 6.00. The lowest BCUT2D eigenvalue weighted by atomic mass is 10.1. The Morgan fingerprint density at radius 1 is 1.23 bits per heavy atom. The van der Waals surface area contributed by atoms with Gasteiger partial charge >= 0.3 is 0 Å². The monoisotopic (exact) mass is 321 g/mol. The Morgan fingerprint density at radius 3 is 2.50 bits per heavy atom. The van der Waals surface area contributed by atoms with Crippen LogP contribution in [0.1, 0.15) is 36.8 Å². The van der Waals surface area contributed by atoms with E-state index in [0.29, 0.717) is 11.2 Å². The van der Waals surface area contributed by atoms with Gasteiger partial charge in [-0.1, -0.05) is 31.0 Å². The quantitative estimate of drug-likeness (QED) is 0.586. The molecule has 0 spiro atoms. The van der Waals surface area contributed by atoms with Crippen molar-refractivity contribution < 1.29 is 9.53 Å². The number of benzene rings is 1. The molecule has 3 N–H and O–H groups in total. The van der Waals surface area contributed by atoms with Crippen LogP contribution in [0.3, 0.4) is 0 Å². The number of carbonyl (C=O) groups excluding carboxylic acids is 1. The predicted octanol–water partition coefficient (Wildman–Crippen LogP) is 2.12. The number of hydrogen-bond acceptors (Lipinski definition) is 3. The second kappa shape index (κ2) is 7.98. The molecule has 120 valence electrons. The standard InChI is InChI=1S/C16H23N3O2S/c1-11-6-5-7-12(2)15(11)21-10-14(20)18-19-16(22)17-13-8-3-4-9-13/h5-7,13H,3-4,8-10H2,1-2H3,(H,18,20)(H2,17,19,22). The van der Waals surface area contributed by atoms with Crippen LogP contribution in [0.4, 0.5) is 0 Å². The smallest absolute Gasteiger partial charge is 0.276 e. The fraction of sp³-hybridized carbons (Fsp3) is 0.500. The third-order valence-electron chi connectivity index (χ3n) is 3.76. The van der Waals surface area contributed by atoms with Crippen molar-refractivity contribution in [2.24, 2.45) is 0 Å². The molecule has 1 aliphatic rings. The van der Waals surface area contributed by atoms with E-state index in [1.54, 1.807) is 0 Å². The molecule has 0 unspecified atom stereocenters. The highest BCUT2D eigenvalue weighted by atomic mass is 32.1. The van der Waals surface area contributed by atoms with Crippen LogP contribution >= 0.6 is 12.2 Å². The number of ether oxygens (including phenoxy) is 1. The maximum absolute atomic E-state index is 11.8. The molecule has 1 saturated carbocycles. The van der Waals surface area contributed by atoms with Gasteiger partial charge in [0.2, 0.25) is 0 Å². The maximum atomic E-state index is 11.8. The van der Waals surface area contributed by atoms with Gasteiger partial charge in [0.25, 0.3) is 5.91 Å². The lowest BCUT2D eigenvalue weighted by Gasteiger charge is -2.16. The van der Waals surface area contributed by atoms with Gasteiger partial charge in [-0.2, -0.15) is 0 Å². The minimum Gasteiger partial charge on any atom is -0.483 e. The number of nitrogens with one attached hydrogen (secondary N) is 3. The summed E-state index contributed by atoms with van der Waals surface area (Å²) < 4.78 is 5.58. The Labute approximate surface area is 136 Å². The molecule has 1 aliphatic carbocycles. The first-order chi connectivity index (χ1) is 10.6. The first-order valence-electron chi connectivity index (χ1n) is 7.60. The largest absolute Gasteiger partial charge is 0.483 e. The molecular weight excluding hydrogens is 298 g/mol. The van der Waals surface area contributed by atoms with Crippen LogP contribution in [0, 0.1) is 13.8 Å². The van der Waals surface area contributed by atoms with Crippen molar-refractivity contribution in [1.29, 1.82) is 0 Å². The highest BCUT2D eigenvalue weighted by molar-refractivity contribution is 7.80. The first-order valence-corrected chi connectivity index (χ1v) is 8.01. The Balaban J connectivity index is 1.70. The van der Waals surface area contributed by atoms with Crippen molar-refractivity contribution >= 4 is 23.2 Å². The van der Waals surface area contributed by atoms with Crippen LogP contribution in [0.25, 0.3) is 0 Å². The van der Waals surface area contributed by atoms with E-state index in [4.69, 9.17) is 17.0 Å². The normalized spacial score (nSPS) is 14.5. The predicted molar refractivity (Wildman–Crippen MR) is 90.7 cm³/mol. The fourth-order valence-electron chi connectivity index (χ4n) is 2.62. The zero-order valence-corrected chi connectivity index (χ0v) is 13.9. The molecule has 1 aromatic carbocycles. The molecule has 0 radical (unpaired) electrons. The second-order valence-corrected chi connectivity index (χ2v) is 6.05. The molecule has 0 saturated heterocycles. The molecule has 1 amide bonds. The summed E-state index contributed by atoms with van der Waals surface area (Å²) in [5.41, 5.74) is 7.29. The van der Waals surface area contributed by atoms with Gasteiger partial charge in [0, 0.05) is 6.04 Å². The average molecular weight is 321 g/mol.